The fourth-order valence-electron chi connectivity index (χ4n) is 2.95. The van der Waals surface area contributed by atoms with Gasteiger partial charge in [-0.2, -0.15) is 18.3 Å². The number of alkyl halides is 3. The lowest BCUT2D eigenvalue weighted by atomic mass is 10.2. The second-order valence-corrected chi connectivity index (χ2v) is 6.29. The molecule has 3 aromatic rings. The van der Waals surface area contributed by atoms with Crippen LogP contribution in [0.15, 0.2) is 35.3 Å². The lowest BCUT2D eigenvalue weighted by Gasteiger charge is -2.12. The van der Waals surface area contributed by atoms with Crippen molar-refractivity contribution in [2.24, 2.45) is 0 Å². The highest BCUT2D eigenvalue weighted by atomic mass is 19.4. The first-order valence-corrected chi connectivity index (χ1v) is 7.96. The van der Waals surface area contributed by atoms with Gasteiger partial charge in [-0.25, -0.2) is 9.67 Å². The Labute approximate surface area is 140 Å². The van der Waals surface area contributed by atoms with Crippen molar-refractivity contribution in [3.8, 4) is 0 Å². The molecule has 1 fully saturated rings. The fraction of sp³-hybridized carbons (Fsp3) is 0.353. The number of pyridine rings is 1. The Morgan fingerprint density at radius 2 is 2.04 bits per heavy atom. The van der Waals surface area contributed by atoms with Gasteiger partial charge in [0.15, 0.2) is 0 Å². The van der Waals surface area contributed by atoms with Gasteiger partial charge in [-0.05, 0) is 38.0 Å². The molecule has 0 aliphatic heterocycles. The van der Waals surface area contributed by atoms with E-state index in [1.54, 1.807) is 29.7 Å². The molecule has 0 radical (unpaired) electrons. The van der Waals surface area contributed by atoms with E-state index in [2.05, 4.69) is 10.1 Å². The maximum Gasteiger partial charge on any atom is 0.421 e. The number of imidazole rings is 1. The van der Waals surface area contributed by atoms with Crippen molar-refractivity contribution in [1.29, 1.82) is 0 Å². The number of nitrogens with zero attached hydrogens (tertiary/aromatic N) is 4. The van der Waals surface area contributed by atoms with Crippen molar-refractivity contribution in [2.45, 2.75) is 38.4 Å². The molecule has 1 aliphatic rings. The molecule has 1 saturated carbocycles. The summed E-state index contributed by atoms with van der Waals surface area (Å²) in [5, 5.41) is 4.19. The average Bonchev–Trinajstić information content (AvgIpc) is 3.34. The van der Waals surface area contributed by atoms with Crippen molar-refractivity contribution < 1.29 is 13.2 Å². The molecule has 25 heavy (non-hydrogen) atoms. The van der Waals surface area contributed by atoms with Crippen LogP contribution in [-0.2, 0) is 12.7 Å². The first-order valence-electron chi connectivity index (χ1n) is 7.96. The third kappa shape index (κ3) is 2.81. The number of hydrogen-bond acceptors (Lipinski definition) is 3. The molecule has 3 aromatic heterocycles. The van der Waals surface area contributed by atoms with E-state index in [0.717, 1.165) is 23.6 Å². The van der Waals surface area contributed by atoms with Gasteiger partial charge in [0.2, 0.25) is 0 Å². The summed E-state index contributed by atoms with van der Waals surface area (Å²) in [7, 11) is 0. The van der Waals surface area contributed by atoms with Gasteiger partial charge in [-0.1, -0.05) is 6.07 Å². The van der Waals surface area contributed by atoms with Crippen LogP contribution >= 0.6 is 0 Å². The number of fused-ring (bicyclic) bond motifs is 1. The Balaban J connectivity index is 1.86. The summed E-state index contributed by atoms with van der Waals surface area (Å²) in [5.41, 5.74) is 0.0328. The van der Waals surface area contributed by atoms with Gasteiger partial charge in [0.25, 0.3) is 5.56 Å². The van der Waals surface area contributed by atoms with Gasteiger partial charge in [0, 0.05) is 12.1 Å². The Kier molecular flexibility index (Phi) is 3.45. The van der Waals surface area contributed by atoms with Crippen LogP contribution in [0.2, 0.25) is 0 Å². The van der Waals surface area contributed by atoms with E-state index in [-0.39, 0.29) is 12.5 Å². The molecule has 130 valence electrons. The second kappa shape index (κ2) is 5.44. The van der Waals surface area contributed by atoms with Gasteiger partial charge in [0.1, 0.15) is 11.2 Å². The Morgan fingerprint density at radius 1 is 1.28 bits per heavy atom. The highest BCUT2D eigenvalue weighted by Crippen LogP contribution is 2.40. The molecule has 0 atom stereocenters. The van der Waals surface area contributed by atoms with Crippen molar-refractivity contribution in [1.82, 2.24) is 19.2 Å². The third-order valence-corrected chi connectivity index (χ3v) is 4.42. The van der Waals surface area contributed by atoms with Crippen molar-refractivity contribution >= 4 is 5.65 Å². The predicted molar refractivity (Wildman–Crippen MR) is 84.5 cm³/mol. The summed E-state index contributed by atoms with van der Waals surface area (Å²) in [6.45, 7) is 1.71. The van der Waals surface area contributed by atoms with E-state index < -0.39 is 17.3 Å². The summed E-state index contributed by atoms with van der Waals surface area (Å²) in [5.74, 6) is 0.0104. The monoisotopic (exact) mass is 348 g/mol. The zero-order valence-electron chi connectivity index (χ0n) is 13.4. The summed E-state index contributed by atoms with van der Waals surface area (Å²) in [6.07, 6.45) is -1.32. The molecule has 0 bridgehead atoms. The smallest absolute Gasteiger partial charge is 0.302 e. The molecule has 0 spiro atoms. The maximum atomic E-state index is 13.2. The maximum absolute atomic E-state index is 13.2. The quantitative estimate of drug-likeness (QED) is 0.731. The predicted octanol–water partition coefficient (Wildman–Crippen LogP) is 3.14. The Bertz CT molecular complexity index is 1010. The largest absolute Gasteiger partial charge is 0.421 e. The highest BCUT2D eigenvalue weighted by Gasteiger charge is 2.37. The molecular weight excluding hydrogens is 333 g/mol. The number of hydrogen-bond donors (Lipinski definition) is 0. The van der Waals surface area contributed by atoms with Gasteiger partial charge in [0.05, 0.1) is 23.6 Å². The molecule has 5 nitrogen and oxygen atoms in total. The van der Waals surface area contributed by atoms with Crippen LogP contribution in [0, 0.1) is 6.92 Å². The van der Waals surface area contributed by atoms with E-state index in [9.17, 15) is 18.0 Å². The second-order valence-electron chi connectivity index (χ2n) is 6.29. The van der Waals surface area contributed by atoms with Crippen LogP contribution in [0.25, 0.3) is 5.65 Å². The number of halogens is 3. The molecule has 0 aromatic carbocycles. The zero-order valence-corrected chi connectivity index (χ0v) is 13.4. The fourth-order valence-corrected chi connectivity index (χ4v) is 2.95. The van der Waals surface area contributed by atoms with Crippen molar-refractivity contribution in [3.05, 3.63) is 63.5 Å². The first kappa shape index (κ1) is 15.9. The van der Waals surface area contributed by atoms with Gasteiger partial charge < -0.3 is 4.40 Å². The molecule has 0 N–H and O–H groups in total. The molecule has 4 rings (SSSR count). The Morgan fingerprint density at radius 3 is 2.72 bits per heavy atom. The number of aromatic nitrogens is 4. The first-order chi connectivity index (χ1) is 11.8. The molecule has 0 amide bonds. The lowest BCUT2D eigenvalue weighted by molar-refractivity contribution is -0.139. The minimum atomic E-state index is -4.69. The van der Waals surface area contributed by atoms with Crippen LogP contribution in [0.5, 0.6) is 0 Å². The van der Waals surface area contributed by atoms with E-state index in [0.29, 0.717) is 22.7 Å². The van der Waals surface area contributed by atoms with Crippen LogP contribution in [0.4, 0.5) is 13.2 Å². The van der Waals surface area contributed by atoms with Crippen LogP contribution in [0.1, 0.15) is 41.4 Å². The average molecular weight is 348 g/mol. The number of aryl methyl sites for hydroxylation is 1. The van der Waals surface area contributed by atoms with Gasteiger partial charge in [-0.15, -0.1) is 0 Å². The van der Waals surface area contributed by atoms with Gasteiger partial charge in [-0.3, -0.25) is 4.79 Å². The minimum absolute atomic E-state index is 0.0104. The van der Waals surface area contributed by atoms with E-state index in [4.69, 9.17) is 0 Å². The standard InChI is InChI=1S/C17H15F3N4O/c1-10-14(23-7-3-2-4-15(23)21-10)9-24-16(25)12(17(18,19)20)8-13(22-24)11-5-6-11/h2-4,7-8,11H,5-6,9H2,1H3. The normalized spacial score (nSPS) is 15.0. The van der Waals surface area contributed by atoms with Crippen LogP contribution < -0.4 is 5.56 Å². The molecule has 0 saturated heterocycles. The summed E-state index contributed by atoms with van der Waals surface area (Å²) in [6, 6.07) is 6.33. The van der Waals surface area contributed by atoms with E-state index >= 15 is 0 Å². The zero-order chi connectivity index (χ0) is 17.8. The third-order valence-electron chi connectivity index (χ3n) is 4.42. The van der Waals surface area contributed by atoms with Crippen molar-refractivity contribution in [2.75, 3.05) is 0 Å². The van der Waals surface area contributed by atoms with Crippen LogP contribution in [0.3, 0.4) is 0 Å². The lowest BCUT2D eigenvalue weighted by Crippen LogP contribution is -2.32. The van der Waals surface area contributed by atoms with E-state index in [1.165, 1.54) is 0 Å². The summed E-state index contributed by atoms with van der Waals surface area (Å²) in [4.78, 5) is 16.7. The highest BCUT2D eigenvalue weighted by molar-refractivity contribution is 5.42. The Hall–Kier alpha value is -2.64. The molecule has 3 heterocycles. The summed E-state index contributed by atoms with van der Waals surface area (Å²) >= 11 is 0. The number of rotatable bonds is 3. The van der Waals surface area contributed by atoms with E-state index in [1.807, 2.05) is 6.07 Å². The minimum Gasteiger partial charge on any atom is -0.302 e. The molecule has 0 unspecified atom stereocenters. The topological polar surface area (TPSA) is 52.2 Å². The molecule has 1 aliphatic carbocycles. The summed E-state index contributed by atoms with van der Waals surface area (Å²) < 4.78 is 42.4. The molecular formula is C17H15F3N4O. The van der Waals surface area contributed by atoms with Gasteiger partial charge >= 0.3 is 6.18 Å². The SMILES string of the molecule is Cc1nc2ccccn2c1Cn1nc(C2CC2)cc(C(F)(F)F)c1=O. The molecule has 8 heteroatoms. The van der Waals surface area contributed by atoms with Crippen molar-refractivity contribution in [3.63, 3.8) is 0 Å². The van der Waals surface area contributed by atoms with Crippen LogP contribution in [-0.4, -0.2) is 19.2 Å².